The molecule has 1 fully saturated rings. The molecule has 0 bridgehead atoms. The van der Waals surface area contributed by atoms with Crippen LogP contribution in [0, 0.1) is 6.92 Å². The first-order valence-corrected chi connectivity index (χ1v) is 10.3. The molecule has 0 amide bonds. The molecule has 0 aliphatic carbocycles. The van der Waals surface area contributed by atoms with Crippen molar-refractivity contribution in [2.45, 2.75) is 45.6 Å². The molecular weight excluding hydrogens is 340 g/mol. The van der Waals surface area contributed by atoms with Gasteiger partial charge >= 0.3 is 0 Å². The molecule has 1 aliphatic heterocycles. The van der Waals surface area contributed by atoms with E-state index < -0.39 is 0 Å². The Balaban J connectivity index is 1.51. The second-order valence-corrected chi connectivity index (χ2v) is 8.38. The molecule has 2 aromatic heterocycles. The van der Waals surface area contributed by atoms with Crippen molar-refractivity contribution in [3.05, 3.63) is 46.8 Å². The van der Waals surface area contributed by atoms with Crippen LogP contribution < -0.4 is 10.2 Å². The van der Waals surface area contributed by atoms with Crippen LogP contribution in [0.3, 0.4) is 0 Å². The molecule has 5 heteroatoms. The van der Waals surface area contributed by atoms with E-state index in [1.807, 2.05) is 0 Å². The molecule has 136 valence electrons. The van der Waals surface area contributed by atoms with Gasteiger partial charge in [0.05, 0.1) is 5.39 Å². The van der Waals surface area contributed by atoms with E-state index in [4.69, 9.17) is 9.97 Å². The van der Waals surface area contributed by atoms with Crippen molar-refractivity contribution in [2.75, 3.05) is 23.3 Å². The first kappa shape index (κ1) is 17.3. The minimum atomic E-state index is 0.527. The standard InChI is InChI=1S/C21H26N4S/c1-15-8-7-13-25(15)21-23-19(18-14-16(2)26-20(18)24-21)22-12-6-11-17-9-4-3-5-10-17/h3-5,9-10,14-15H,6-8,11-13H2,1-2H3,(H,22,23,24)/t15-/m1/s1. The lowest BCUT2D eigenvalue weighted by molar-refractivity contribution is 0.719. The van der Waals surface area contributed by atoms with E-state index in [9.17, 15) is 0 Å². The molecule has 4 rings (SSSR count). The zero-order chi connectivity index (χ0) is 17.9. The summed E-state index contributed by atoms with van der Waals surface area (Å²) in [6.07, 6.45) is 4.63. The van der Waals surface area contributed by atoms with E-state index >= 15 is 0 Å². The number of rotatable bonds is 6. The number of anilines is 2. The lowest BCUT2D eigenvalue weighted by atomic mass is 10.1. The molecule has 0 radical (unpaired) electrons. The maximum absolute atomic E-state index is 4.90. The summed E-state index contributed by atoms with van der Waals surface area (Å²) < 4.78 is 0. The van der Waals surface area contributed by atoms with Crippen molar-refractivity contribution in [3.8, 4) is 0 Å². The number of thiophene rings is 1. The number of hydrogen-bond acceptors (Lipinski definition) is 5. The second kappa shape index (κ2) is 7.62. The third-order valence-corrected chi connectivity index (χ3v) is 6.04. The SMILES string of the molecule is Cc1cc2c(NCCCc3ccccc3)nc(N3CCC[C@H]3C)nc2s1. The van der Waals surface area contributed by atoms with E-state index in [1.165, 1.54) is 23.3 Å². The van der Waals surface area contributed by atoms with Crippen molar-refractivity contribution in [2.24, 2.45) is 0 Å². The maximum atomic E-state index is 4.90. The summed E-state index contributed by atoms with van der Waals surface area (Å²) in [6, 6.07) is 13.4. The number of nitrogens with one attached hydrogen (secondary N) is 1. The number of hydrogen-bond donors (Lipinski definition) is 1. The first-order chi connectivity index (χ1) is 12.7. The fourth-order valence-electron chi connectivity index (χ4n) is 3.67. The highest BCUT2D eigenvalue weighted by Gasteiger charge is 2.24. The van der Waals surface area contributed by atoms with Crippen LogP contribution in [0.1, 0.15) is 36.6 Å². The van der Waals surface area contributed by atoms with Gasteiger partial charge in [0.25, 0.3) is 0 Å². The Kier molecular flexibility index (Phi) is 5.07. The lowest BCUT2D eigenvalue weighted by Gasteiger charge is -2.22. The van der Waals surface area contributed by atoms with Crippen LogP contribution >= 0.6 is 11.3 Å². The minimum absolute atomic E-state index is 0.527. The van der Waals surface area contributed by atoms with Gasteiger partial charge in [0.2, 0.25) is 5.95 Å². The van der Waals surface area contributed by atoms with Crippen LogP contribution in [0.2, 0.25) is 0 Å². The van der Waals surface area contributed by atoms with Gasteiger partial charge in [0.1, 0.15) is 10.6 Å². The van der Waals surface area contributed by atoms with Gasteiger partial charge in [0, 0.05) is 24.0 Å². The number of benzene rings is 1. The first-order valence-electron chi connectivity index (χ1n) is 9.53. The molecule has 1 atom stereocenters. The Morgan fingerprint density at radius 2 is 2.08 bits per heavy atom. The van der Waals surface area contributed by atoms with E-state index in [2.05, 4.69) is 60.5 Å². The predicted molar refractivity (Wildman–Crippen MR) is 111 cm³/mol. The van der Waals surface area contributed by atoms with Crippen molar-refractivity contribution >= 4 is 33.3 Å². The van der Waals surface area contributed by atoms with Crippen molar-refractivity contribution in [1.82, 2.24) is 9.97 Å². The van der Waals surface area contributed by atoms with E-state index in [0.29, 0.717) is 6.04 Å². The average molecular weight is 367 g/mol. The predicted octanol–water partition coefficient (Wildman–Crippen LogP) is 5.03. The van der Waals surface area contributed by atoms with Crippen LogP contribution in [0.5, 0.6) is 0 Å². The smallest absolute Gasteiger partial charge is 0.228 e. The highest BCUT2D eigenvalue weighted by Crippen LogP contribution is 2.32. The van der Waals surface area contributed by atoms with E-state index in [1.54, 1.807) is 11.3 Å². The molecule has 1 aromatic carbocycles. The molecule has 4 nitrogen and oxygen atoms in total. The van der Waals surface area contributed by atoms with Crippen LogP contribution in [-0.2, 0) is 6.42 Å². The monoisotopic (exact) mass is 366 g/mol. The zero-order valence-corrected chi connectivity index (χ0v) is 16.4. The van der Waals surface area contributed by atoms with Crippen LogP contribution in [0.4, 0.5) is 11.8 Å². The highest BCUT2D eigenvalue weighted by atomic mass is 32.1. The lowest BCUT2D eigenvalue weighted by Crippen LogP contribution is -2.28. The summed E-state index contributed by atoms with van der Waals surface area (Å²) in [5.74, 6) is 1.87. The van der Waals surface area contributed by atoms with Gasteiger partial charge in [-0.15, -0.1) is 11.3 Å². The Hall–Kier alpha value is -2.14. The quantitative estimate of drug-likeness (QED) is 0.621. The summed E-state index contributed by atoms with van der Waals surface area (Å²) >= 11 is 1.76. The zero-order valence-electron chi connectivity index (χ0n) is 15.5. The molecule has 1 saturated heterocycles. The molecule has 3 heterocycles. The molecule has 26 heavy (non-hydrogen) atoms. The third kappa shape index (κ3) is 3.68. The number of fused-ring (bicyclic) bond motifs is 1. The van der Waals surface area contributed by atoms with E-state index in [-0.39, 0.29) is 0 Å². The summed E-state index contributed by atoms with van der Waals surface area (Å²) in [5, 5.41) is 4.73. The van der Waals surface area contributed by atoms with E-state index in [0.717, 1.165) is 47.9 Å². The summed E-state index contributed by atoms with van der Waals surface area (Å²) in [4.78, 5) is 14.5. The fourth-order valence-corrected chi connectivity index (χ4v) is 4.54. The molecule has 0 saturated carbocycles. The number of nitrogens with zero attached hydrogens (tertiary/aromatic N) is 3. The second-order valence-electron chi connectivity index (χ2n) is 7.15. The Morgan fingerprint density at radius 3 is 2.85 bits per heavy atom. The van der Waals surface area contributed by atoms with Gasteiger partial charge in [-0.2, -0.15) is 4.98 Å². The Morgan fingerprint density at radius 1 is 1.23 bits per heavy atom. The highest BCUT2D eigenvalue weighted by molar-refractivity contribution is 7.18. The molecular formula is C21H26N4S. The van der Waals surface area contributed by atoms with Crippen LogP contribution in [0.15, 0.2) is 36.4 Å². The molecule has 0 unspecified atom stereocenters. The Bertz CT molecular complexity index is 874. The van der Waals surface area contributed by atoms with Crippen molar-refractivity contribution in [3.63, 3.8) is 0 Å². The fraction of sp³-hybridized carbons (Fsp3) is 0.429. The molecule has 3 aromatic rings. The minimum Gasteiger partial charge on any atom is -0.369 e. The van der Waals surface area contributed by atoms with Gasteiger partial charge in [-0.1, -0.05) is 30.3 Å². The van der Waals surface area contributed by atoms with Crippen LogP contribution in [0.25, 0.3) is 10.2 Å². The number of aromatic nitrogens is 2. The molecule has 1 N–H and O–H groups in total. The topological polar surface area (TPSA) is 41.1 Å². The number of aryl methyl sites for hydroxylation is 2. The van der Waals surface area contributed by atoms with Gasteiger partial charge in [-0.25, -0.2) is 4.98 Å². The van der Waals surface area contributed by atoms with Gasteiger partial charge in [0.15, 0.2) is 0 Å². The third-order valence-electron chi connectivity index (χ3n) is 5.09. The Labute approximate surface area is 159 Å². The van der Waals surface area contributed by atoms with Gasteiger partial charge < -0.3 is 10.2 Å². The summed E-state index contributed by atoms with van der Waals surface area (Å²) in [6.45, 7) is 6.40. The van der Waals surface area contributed by atoms with Crippen LogP contribution in [-0.4, -0.2) is 29.1 Å². The summed E-state index contributed by atoms with van der Waals surface area (Å²) in [5.41, 5.74) is 1.39. The van der Waals surface area contributed by atoms with Gasteiger partial charge in [-0.3, -0.25) is 0 Å². The van der Waals surface area contributed by atoms with Crippen molar-refractivity contribution < 1.29 is 0 Å². The molecule has 0 spiro atoms. The maximum Gasteiger partial charge on any atom is 0.228 e. The van der Waals surface area contributed by atoms with Crippen molar-refractivity contribution in [1.29, 1.82) is 0 Å². The normalized spacial score (nSPS) is 17.2. The summed E-state index contributed by atoms with van der Waals surface area (Å²) in [7, 11) is 0. The molecule has 1 aliphatic rings. The average Bonchev–Trinajstić information content (AvgIpc) is 3.24. The largest absolute Gasteiger partial charge is 0.369 e. The van der Waals surface area contributed by atoms with Gasteiger partial charge in [-0.05, 0) is 51.2 Å².